The van der Waals surface area contributed by atoms with Crippen LogP contribution < -0.4 is 0 Å². The summed E-state index contributed by atoms with van der Waals surface area (Å²) in [5, 5.41) is 0. The molecule has 0 radical (unpaired) electrons. The van der Waals surface area contributed by atoms with Crippen LogP contribution in [-0.4, -0.2) is 4.98 Å². The number of nitrogens with zero attached hydrogens (tertiary/aromatic N) is 1. The van der Waals surface area contributed by atoms with Crippen LogP contribution in [0.3, 0.4) is 0 Å². The molecule has 1 nitrogen and oxygen atoms in total. The molecule has 0 unspecified atom stereocenters. The Bertz CT molecular complexity index is 959. The zero-order chi connectivity index (χ0) is 24.0. The van der Waals surface area contributed by atoms with Crippen molar-refractivity contribution in [2.75, 3.05) is 0 Å². The summed E-state index contributed by atoms with van der Waals surface area (Å²) in [7, 11) is 0. The van der Waals surface area contributed by atoms with Crippen molar-refractivity contribution in [1.82, 2.24) is 4.98 Å². The molecule has 3 aromatic rings. The molecule has 0 bridgehead atoms. The molecule has 0 spiro atoms. The van der Waals surface area contributed by atoms with Crippen LogP contribution in [0.5, 0.6) is 0 Å². The van der Waals surface area contributed by atoms with Gasteiger partial charge in [-0.3, -0.25) is 0 Å². The van der Waals surface area contributed by atoms with Gasteiger partial charge in [-0.1, -0.05) is 120 Å². The van der Waals surface area contributed by atoms with Crippen molar-refractivity contribution in [3.8, 4) is 22.4 Å². The summed E-state index contributed by atoms with van der Waals surface area (Å²) in [4.78, 5) is 4.29. The largest absolute Gasteiger partial charge is 0.221 e. The van der Waals surface area contributed by atoms with E-state index in [1.807, 2.05) is 24.3 Å². The van der Waals surface area contributed by atoms with Gasteiger partial charge in [0, 0.05) is 11.1 Å². The van der Waals surface area contributed by atoms with Gasteiger partial charge in [0.15, 0.2) is 0 Å². The molecule has 0 N–H and O–H groups in total. The van der Waals surface area contributed by atoms with Crippen molar-refractivity contribution in [3.63, 3.8) is 0 Å². The number of aryl methyl sites for hydroxylation is 2. The molecule has 182 valence electrons. The minimum Gasteiger partial charge on any atom is -0.219 e. The fourth-order valence-electron chi connectivity index (χ4n) is 4.55. The van der Waals surface area contributed by atoms with Crippen molar-refractivity contribution in [2.24, 2.45) is 0 Å². The van der Waals surface area contributed by atoms with E-state index in [-0.39, 0.29) is 0 Å². The third-order valence-electron chi connectivity index (χ3n) is 6.75. The van der Waals surface area contributed by atoms with Crippen LogP contribution in [0.25, 0.3) is 22.4 Å². The normalized spacial score (nSPS) is 11.1. The summed E-state index contributed by atoms with van der Waals surface area (Å²) < 4.78 is 14.9. The minimum absolute atomic E-state index is 0.402. The summed E-state index contributed by atoms with van der Waals surface area (Å²) in [6.07, 6.45) is 16.5. The zero-order valence-corrected chi connectivity index (χ0v) is 21.3. The second-order valence-electron chi connectivity index (χ2n) is 9.61. The van der Waals surface area contributed by atoms with E-state index in [4.69, 9.17) is 0 Å². The predicted molar refractivity (Wildman–Crippen MR) is 145 cm³/mol. The Morgan fingerprint density at radius 3 is 1.53 bits per heavy atom. The molecule has 1 aromatic heterocycles. The second-order valence-corrected chi connectivity index (χ2v) is 9.61. The van der Waals surface area contributed by atoms with Gasteiger partial charge in [-0.2, -0.15) is 4.39 Å². The summed E-state index contributed by atoms with van der Waals surface area (Å²) in [6, 6.07) is 20.6. The summed E-state index contributed by atoms with van der Waals surface area (Å²) in [5.41, 5.74) is 5.79. The molecule has 0 aliphatic carbocycles. The topological polar surface area (TPSA) is 12.9 Å². The standard InChI is InChI=1S/C32H42FN/c1-3-5-7-9-10-11-13-15-27-18-22-29(23-19-27)31-25-24-30(32(33)34-31)28-20-16-26(17-21-28)14-12-8-6-4-2/h16-25H,3-15H2,1-2H3. The number of halogens is 1. The third kappa shape index (κ3) is 8.38. The second kappa shape index (κ2) is 14.7. The number of rotatable bonds is 15. The SMILES string of the molecule is CCCCCCCCCc1ccc(-c2ccc(-c3ccc(CCCCCC)cc3)c(F)n2)cc1. The highest BCUT2D eigenvalue weighted by Crippen LogP contribution is 2.26. The minimum atomic E-state index is -0.402. The van der Waals surface area contributed by atoms with Crippen LogP contribution in [0.15, 0.2) is 60.7 Å². The number of hydrogen-bond acceptors (Lipinski definition) is 1. The van der Waals surface area contributed by atoms with E-state index in [2.05, 4.69) is 55.2 Å². The van der Waals surface area contributed by atoms with Gasteiger partial charge in [0.05, 0.1) is 5.69 Å². The van der Waals surface area contributed by atoms with Gasteiger partial charge < -0.3 is 0 Å². The fraction of sp³-hybridized carbons (Fsp3) is 0.469. The van der Waals surface area contributed by atoms with Crippen LogP contribution in [0.4, 0.5) is 4.39 Å². The highest BCUT2D eigenvalue weighted by atomic mass is 19.1. The quantitative estimate of drug-likeness (QED) is 0.163. The van der Waals surface area contributed by atoms with Crippen molar-refractivity contribution in [1.29, 1.82) is 0 Å². The number of benzene rings is 2. The first kappa shape index (κ1) is 26.1. The van der Waals surface area contributed by atoms with E-state index in [9.17, 15) is 4.39 Å². The van der Waals surface area contributed by atoms with E-state index in [1.165, 1.54) is 81.8 Å². The number of aromatic nitrogens is 1. The Hall–Kier alpha value is -2.48. The van der Waals surface area contributed by atoms with Crippen molar-refractivity contribution in [2.45, 2.75) is 97.3 Å². The molecule has 1 heterocycles. The van der Waals surface area contributed by atoms with Crippen LogP contribution in [0.2, 0.25) is 0 Å². The van der Waals surface area contributed by atoms with Crippen LogP contribution in [0.1, 0.15) is 95.6 Å². The van der Waals surface area contributed by atoms with Crippen LogP contribution in [-0.2, 0) is 12.8 Å². The fourth-order valence-corrected chi connectivity index (χ4v) is 4.55. The molecule has 0 saturated heterocycles. The van der Waals surface area contributed by atoms with Crippen LogP contribution >= 0.6 is 0 Å². The maximum Gasteiger partial charge on any atom is 0.221 e. The Labute approximate surface area is 206 Å². The molecular formula is C32H42FN. The summed E-state index contributed by atoms with van der Waals surface area (Å²) in [5.74, 6) is -0.402. The molecule has 0 amide bonds. The Kier molecular flexibility index (Phi) is 11.3. The van der Waals surface area contributed by atoms with Crippen molar-refractivity contribution in [3.05, 3.63) is 77.7 Å². The van der Waals surface area contributed by atoms with Gasteiger partial charge >= 0.3 is 0 Å². The van der Waals surface area contributed by atoms with Gasteiger partial charge in [-0.05, 0) is 54.5 Å². The van der Waals surface area contributed by atoms with E-state index < -0.39 is 5.95 Å². The van der Waals surface area contributed by atoms with Gasteiger partial charge in [0.1, 0.15) is 0 Å². The van der Waals surface area contributed by atoms with E-state index in [0.29, 0.717) is 11.3 Å². The van der Waals surface area contributed by atoms with Crippen LogP contribution in [0, 0.1) is 5.95 Å². The lowest BCUT2D eigenvalue weighted by Crippen LogP contribution is -1.93. The highest BCUT2D eigenvalue weighted by molar-refractivity contribution is 5.67. The van der Waals surface area contributed by atoms with E-state index >= 15 is 0 Å². The molecule has 3 rings (SSSR count). The molecule has 34 heavy (non-hydrogen) atoms. The number of hydrogen-bond donors (Lipinski definition) is 0. The maximum atomic E-state index is 14.9. The lowest BCUT2D eigenvalue weighted by molar-refractivity contribution is 0.589. The number of pyridine rings is 1. The Morgan fingerprint density at radius 1 is 0.529 bits per heavy atom. The molecule has 2 aromatic carbocycles. The summed E-state index contributed by atoms with van der Waals surface area (Å²) >= 11 is 0. The average molecular weight is 460 g/mol. The van der Waals surface area contributed by atoms with Gasteiger partial charge in [-0.25, -0.2) is 4.98 Å². The van der Waals surface area contributed by atoms with Gasteiger partial charge in [-0.15, -0.1) is 0 Å². The molecule has 0 aliphatic heterocycles. The zero-order valence-electron chi connectivity index (χ0n) is 21.3. The highest BCUT2D eigenvalue weighted by Gasteiger charge is 2.09. The first-order valence-corrected chi connectivity index (χ1v) is 13.6. The lowest BCUT2D eigenvalue weighted by Gasteiger charge is -2.08. The molecule has 2 heteroatoms. The Balaban J connectivity index is 1.53. The van der Waals surface area contributed by atoms with Gasteiger partial charge in [0.2, 0.25) is 5.95 Å². The molecule has 0 aliphatic rings. The van der Waals surface area contributed by atoms with Crippen molar-refractivity contribution >= 4 is 0 Å². The van der Waals surface area contributed by atoms with Crippen molar-refractivity contribution < 1.29 is 4.39 Å². The monoisotopic (exact) mass is 459 g/mol. The first-order valence-electron chi connectivity index (χ1n) is 13.6. The smallest absolute Gasteiger partial charge is 0.219 e. The maximum absolute atomic E-state index is 14.9. The predicted octanol–water partition coefficient (Wildman–Crippen LogP) is 9.97. The Morgan fingerprint density at radius 2 is 1.00 bits per heavy atom. The average Bonchev–Trinajstić information content (AvgIpc) is 2.87. The van der Waals surface area contributed by atoms with E-state index in [0.717, 1.165) is 24.0 Å². The lowest BCUT2D eigenvalue weighted by atomic mass is 10.0. The molecule has 0 saturated carbocycles. The molecule has 0 fully saturated rings. The van der Waals surface area contributed by atoms with E-state index in [1.54, 1.807) is 0 Å². The molecule has 0 atom stereocenters. The first-order chi connectivity index (χ1) is 16.7. The molecular weight excluding hydrogens is 417 g/mol. The third-order valence-corrected chi connectivity index (χ3v) is 6.75. The number of unbranched alkanes of at least 4 members (excludes halogenated alkanes) is 9. The van der Waals surface area contributed by atoms with Gasteiger partial charge in [0.25, 0.3) is 0 Å². The summed E-state index contributed by atoms with van der Waals surface area (Å²) in [6.45, 7) is 4.49.